The average molecular weight is 343 g/mol. The molecule has 0 saturated carbocycles. The lowest BCUT2D eigenvalue weighted by molar-refractivity contribution is -0.384. The Morgan fingerprint density at radius 3 is 2.64 bits per heavy atom. The highest BCUT2D eigenvalue weighted by atomic mass is 35.5. The Morgan fingerprint density at radius 1 is 1.32 bits per heavy atom. The molecule has 1 fully saturated rings. The van der Waals surface area contributed by atoms with Crippen molar-refractivity contribution in [3.8, 4) is 0 Å². The summed E-state index contributed by atoms with van der Waals surface area (Å²) >= 11 is 12.4. The van der Waals surface area contributed by atoms with Crippen molar-refractivity contribution in [2.24, 2.45) is 0 Å². The Labute approximate surface area is 136 Å². The van der Waals surface area contributed by atoms with Gasteiger partial charge < -0.3 is 14.1 Å². The van der Waals surface area contributed by atoms with Crippen LogP contribution in [0.4, 0.5) is 11.4 Å². The summed E-state index contributed by atoms with van der Waals surface area (Å²) in [5, 5.41) is 11.3. The number of nitro benzene ring substituents is 1. The van der Waals surface area contributed by atoms with Gasteiger partial charge in [-0.05, 0) is 12.1 Å². The molecule has 0 radical (unpaired) electrons. The summed E-state index contributed by atoms with van der Waals surface area (Å²) in [7, 11) is 0. The minimum absolute atomic E-state index is 0.130. The van der Waals surface area contributed by atoms with E-state index in [1.807, 2.05) is 11.0 Å². The van der Waals surface area contributed by atoms with Gasteiger partial charge in [0, 0.05) is 18.7 Å². The van der Waals surface area contributed by atoms with Gasteiger partial charge in [-0.25, -0.2) is 0 Å². The van der Waals surface area contributed by atoms with Crippen LogP contribution in [-0.4, -0.2) is 24.6 Å². The molecule has 0 aliphatic carbocycles. The summed E-state index contributed by atoms with van der Waals surface area (Å²) in [4.78, 5) is 12.3. The smallest absolute Gasteiger partial charge is 0.272 e. The first-order chi connectivity index (χ1) is 10.6. The fourth-order valence-corrected chi connectivity index (χ4v) is 3.17. The largest absolute Gasteiger partial charge is 0.467 e. The van der Waals surface area contributed by atoms with Crippen molar-refractivity contribution in [1.82, 2.24) is 0 Å². The monoisotopic (exact) mass is 342 g/mol. The van der Waals surface area contributed by atoms with Crippen molar-refractivity contribution in [3.05, 3.63) is 56.4 Å². The number of halogens is 2. The minimum Gasteiger partial charge on any atom is -0.467 e. The molecule has 0 spiro atoms. The molecule has 1 saturated heterocycles. The first-order valence-electron chi connectivity index (χ1n) is 6.59. The molecule has 8 heteroatoms. The zero-order valence-corrected chi connectivity index (χ0v) is 12.9. The van der Waals surface area contributed by atoms with Gasteiger partial charge >= 0.3 is 0 Å². The van der Waals surface area contributed by atoms with Crippen molar-refractivity contribution >= 4 is 34.6 Å². The van der Waals surface area contributed by atoms with Crippen LogP contribution in [0.15, 0.2) is 34.9 Å². The second-order valence-corrected chi connectivity index (χ2v) is 5.65. The van der Waals surface area contributed by atoms with E-state index in [9.17, 15) is 10.1 Å². The number of non-ortho nitro benzene ring substituents is 1. The highest BCUT2D eigenvalue weighted by Crippen LogP contribution is 2.39. The molecule has 1 atom stereocenters. The molecule has 2 heterocycles. The molecule has 1 aliphatic heterocycles. The number of furan rings is 1. The topological polar surface area (TPSA) is 68.8 Å². The SMILES string of the molecule is O=[N+]([O-])c1cc(Cl)c(N2CCOC(c3ccco3)C2)c(Cl)c1. The van der Waals surface area contributed by atoms with Crippen LogP contribution in [-0.2, 0) is 4.74 Å². The van der Waals surface area contributed by atoms with Gasteiger partial charge in [-0.15, -0.1) is 0 Å². The van der Waals surface area contributed by atoms with Crippen LogP contribution in [0.1, 0.15) is 11.9 Å². The first-order valence-corrected chi connectivity index (χ1v) is 7.35. The third kappa shape index (κ3) is 2.90. The molecule has 0 N–H and O–H groups in total. The number of rotatable bonds is 3. The van der Waals surface area contributed by atoms with E-state index >= 15 is 0 Å². The summed E-state index contributed by atoms with van der Waals surface area (Å²) < 4.78 is 11.0. The molecule has 116 valence electrons. The molecule has 2 aromatic rings. The van der Waals surface area contributed by atoms with Crippen LogP contribution in [0.3, 0.4) is 0 Å². The third-order valence-corrected chi connectivity index (χ3v) is 4.03. The van der Waals surface area contributed by atoms with E-state index in [1.165, 1.54) is 12.1 Å². The van der Waals surface area contributed by atoms with Gasteiger partial charge in [-0.3, -0.25) is 10.1 Å². The highest BCUT2D eigenvalue weighted by Gasteiger charge is 2.27. The van der Waals surface area contributed by atoms with Crippen LogP contribution in [0, 0.1) is 10.1 Å². The molecule has 1 aliphatic rings. The maximum atomic E-state index is 10.8. The van der Waals surface area contributed by atoms with Crippen LogP contribution in [0.5, 0.6) is 0 Å². The van der Waals surface area contributed by atoms with E-state index in [4.69, 9.17) is 32.4 Å². The maximum Gasteiger partial charge on any atom is 0.272 e. The lowest BCUT2D eigenvalue weighted by Crippen LogP contribution is -2.38. The Balaban J connectivity index is 1.89. The van der Waals surface area contributed by atoms with Gasteiger partial charge in [-0.2, -0.15) is 0 Å². The fourth-order valence-electron chi connectivity index (χ4n) is 2.46. The van der Waals surface area contributed by atoms with Crippen molar-refractivity contribution < 1.29 is 14.1 Å². The molecule has 1 aromatic carbocycles. The number of hydrogen-bond donors (Lipinski definition) is 0. The van der Waals surface area contributed by atoms with Gasteiger partial charge in [0.15, 0.2) is 0 Å². The van der Waals surface area contributed by atoms with Gasteiger partial charge in [0.25, 0.3) is 5.69 Å². The van der Waals surface area contributed by atoms with Crippen molar-refractivity contribution in [2.45, 2.75) is 6.10 Å². The zero-order valence-electron chi connectivity index (χ0n) is 11.4. The number of ether oxygens (including phenoxy) is 1. The lowest BCUT2D eigenvalue weighted by Gasteiger charge is -2.34. The Kier molecular flexibility index (Phi) is 4.24. The van der Waals surface area contributed by atoms with Crippen molar-refractivity contribution in [3.63, 3.8) is 0 Å². The number of morpholine rings is 1. The van der Waals surface area contributed by atoms with Crippen molar-refractivity contribution in [1.29, 1.82) is 0 Å². The quantitative estimate of drug-likeness (QED) is 0.621. The Hall–Kier alpha value is -1.76. The summed E-state index contributed by atoms with van der Waals surface area (Å²) in [5.41, 5.74) is 0.448. The molecule has 6 nitrogen and oxygen atoms in total. The van der Waals surface area contributed by atoms with E-state index in [0.29, 0.717) is 25.4 Å². The van der Waals surface area contributed by atoms with E-state index in [2.05, 4.69) is 0 Å². The maximum absolute atomic E-state index is 10.8. The van der Waals surface area contributed by atoms with Gasteiger partial charge in [0.1, 0.15) is 11.9 Å². The van der Waals surface area contributed by atoms with E-state index < -0.39 is 4.92 Å². The second kappa shape index (κ2) is 6.16. The summed E-state index contributed by atoms with van der Waals surface area (Å²) in [5.74, 6) is 0.721. The number of nitrogens with zero attached hydrogens (tertiary/aromatic N) is 2. The molecule has 1 aromatic heterocycles. The predicted molar refractivity (Wildman–Crippen MR) is 82.7 cm³/mol. The van der Waals surface area contributed by atoms with Crippen LogP contribution in [0.25, 0.3) is 0 Å². The summed E-state index contributed by atoms with van der Waals surface area (Å²) in [6.45, 7) is 1.58. The fraction of sp³-hybridized carbons (Fsp3) is 0.286. The van der Waals surface area contributed by atoms with Gasteiger partial charge in [0.2, 0.25) is 0 Å². The number of anilines is 1. The highest BCUT2D eigenvalue weighted by molar-refractivity contribution is 6.39. The van der Waals surface area contributed by atoms with Crippen LogP contribution < -0.4 is 4.90 Å². The molecule has 0 amide bonds. The Morgan fingerprint density at radius 2 is 2.05 bits per heavy atom. The molecular formula is C14H12Cl2N2O4. The third-order valence-electron chi connectivity index (χ3n) is 3.46. The van der Waals surface area contributed by atoms with Crippen LogP contribution >= 0.6 is 23.2 Å². The molecule has 3 rings (SSSR count). The first kappa shape index (κ1) is 15.1. The normalized spacial score (nSPS) is 18.5. The predicted octanol–water partition coefficient (Wildman–Crippen LogP) is 4.07. The minimum atomic E-state index is -0.521. The molecule has 0 bridgehead atoms. The summed E-state index contributed by atoms with van der Waals surface area (Å²) in [6.07, 6.45) is 1.36. The van der Waals surface area contributed by atoms with Crippen LogP contribution in [0.2, 0.25) is 10.0 Å². The number of hydrogen-bond acceptors (Lipinski definition) is 5. The standard InChI is InChI=1S/C14H12Cl2N2O4/c15-10-6-9(18(19)20)7-11(16)14(10)17-3-5-22-13(8-17)12-2-1-4-21-12/h1-2,4,6-7,13H,3,5,8H2. The average Bonchev–Trinajstić information content (AvgIpc) is 3.01. The van der Waals surface area contributed by atoms with Gasteiger partial charge in [0.05, 0.1) is 40.1 Å². The van der Waals surface area contributed by atoms with E-state index in [-0.39, 0.29) is 21.8 Å². The summed E-state index contributed by atoms with van der Waals surface area (Å²) in [6, 6.07) is 6.25. The van der Waals surface area contributed by atoms with E-state index in [0.717, 1.165) is 5.76 Å². The number of benzene rings is 1. The second-order valence-electron chi connectivity index (χ2n) is 4.84. The zero-order chi connectivity index (χ0) is 15.7. The lowest BCUT2D eigenvalue weighted by atomic mass is 10.2. The molecule has 22 heavy (non-hydrogen) atoms. The molecule has 1 unspecified atom stereocenters. The van der Waals surface area contributed by atoms with Gasteiger partial charge in [-0.1, -0.05) is 23.2 Å². The van der Waals surface area contributed by atoms with E-state index in [1.54, 1.807) is 12.3 Å². The Bertz CT molecular complexity index is 667. The number of nitro groups is 1. The van der Waals surface area contributed by atoms with Crippen molar-refractivity contribution in [2.75, 3.05) is 24.6 Å². The molecular weight excluding hydrogens is 331 g/mol.